The molecule has 1 aliphatic rings. The standard InChI is InChI=1S/C8H14INO2/c9-4-5-10-8(11)7-3-1-2-6-12-7/h7H,1-6H2,(H,10,11). The maximum absolute atomic E-state index is 11.3. The third-order valence-corrected chi connectivity index (χ3v) is 2.41. The van der Waals surface area contributed by atoms with Crippen molar-refractivity contribution in [3.63, 3.8) is 0 Å². The van der Waals surface area contributed by atoms with Gasteiger partial charge in [0, 0.05) is 17.6 Å². The summed E-state index contributed by atoms with van der Waals surface area (Å²) in [6, 6.07) is 0. The Hall–Kier alpha value is 0.160. The van der Waals surface area contributed by atoms with E-state index in [1.165, 1.54) is 0 Å². The predicted molar refractivity (Wildman–Crippen MR) is 55.5 cm³/mol. The van der Waals surface area contributed by atoms with Crippen LogP contribution in [0.2, 0.25) is 0 Å². The van der Waals surface area contributed by atoms with Gasteiger partial charge in [-0.15, -0.1) is 0 Å². The lowest BCUT2D eigenvalue weighted by Crippen LogP contribution is -2.39. The van der Waals surface area contributed by atoms with Crippen LogP contribution in [0, 0.1) is 0 Å². The highest BCUT2D eigenvalue weighted by Gasteiger charge is 2.20. The molecule has 1 N–H and O–H groups in total. The monoisotopic (exact) mass is 283 g/mol. The maximum atomic E-state index is 11.3. The third-order valence-electron chi connectivity index (χ3n) is 1.87. The Morgan fingerprint density at radius 2 is 2.42 bits per heavy atom. The van der Waals surface area contributed by atoms with Crippen LogP contribution in [0.15, 0.2) is 0 Å². The summed E-state index contributed by atoms with van der Waals surface area (Å²) in [5.74, 6) is 0.0615. The average molecular weight is 283 g/mol. The van der Waals surface area contributed by atoms with Crippen molar-refractivity contribution in [2.45, 2.75) is 25.4 Å². The Balaban J connectivity index is 2.20. The molecule has 1 unspecified atom stereocenters. The molecule has 70 valence electrons. The van der Waals surface area contributed by atoms with Crippen molar-refractivity contribution in [3.8, 4) is 0 Å². The lowest BCUT2D eigenvalue weighted by molar-refractivity contribution is -0.135. The highest BCUT2D eigenvalue weighted by Crippen LogP contribution is 2.12. The summed E-state index contributed by atoms with van der Waals surface area (Å²) in [5, 5.41) is 2.83. The first kappa shape index (κ1) is 10.2. The molecule has 0 aromatic carbocycles. The molecular weight excluding hydrogens is 269 g/mol. The molecule has 0 aliphatic carbocycles. The second-order valence-corrected chi connectivity index (χ2v) is 3.91. The topological polar surface area (TPSA) is 38.3 Å². The Bertz CT molecular complexity index is 146. The molecule has 12 heavy (non-hydrogen) atoms. The maximum Gasteiger partial charge on any atom is 0.249 e. The zero-order valence-electron chi connectivity index (χ0n) is 7.01. The van der Waals surface area contributed by atoms with E-state index in [2.05, 4.69) is 27.9 Å². The minimum absolute atomic E-state index is 0.0615. The van der Waals surface area contributed by atoms with Crippen molar-refractivity contribution < 1.29 is 9.53 Å². The van der Waals surface area contributed by atoms with Crippen molar-refractivity contribution in [3.05, 3.63) is 0 Å². The fourth-order valence-corrected chi connectivity index (χ4v) is 1.50. The number of halogens is 1. The number of amides is 1. The van der Waals surface area contributed by atoms with Gasteiger partial charge >= 0.3 is 0 Å². The minimum atomic E-state index is -0.179. The highest BCUT2D eigenvalue weighted by molar-refractivity contribution is 14.1. The fraction of sp³-hybridized carbons (Fsp3) is 0.875. The molecule has 0 spiro atoms. The van der Waals surface area contributed by atoms with Crippen molar-refractivity contribution in [2.75, 3.05) is 17.6 Å². The van der Waals surface area contributed by atoms with Gasteiger partial charge < -0.3 is 10.1 Å². The normalized spacial score (nSPS) is 23.6. The molecule has 0 aromatic rings. The van der Waals surface area contributed by atoms with Crippen LogP contribution in [-0.2, 0) is 9.53 Å². The minimum Gasteiger partial charge on any atom is -0.368 e. The van der Waals surface area contributed by atoms with E-state index in [4.69, 9.17) is 4.74 Å². The number of alkyl halides is 1. The lowest BCUT2D eigenvalue weighted by atomic mass is 10.1. The molecule has 0 saturated carbocycles. The molecule has 1 aliphatic heterocycles. The van der Waals surface area contributed by atoms with E-state index in [1.807, 2.05) is 0 Å². The van der Waals surface area contributed by atoms with Gasteiger partial charge in [0.15, 0.2) is 0 Å². The van der Waals surface area contributed by atoms with Gasteiger partial charge in [-0.05, 0) is 19.3 Å². The van der Waals surface area contributed by atoms with Crippen molar-refractivity contribution in [1.29, 1.82) is 0 Å². The number of carbonyl (C=O) groups is 1. The summed E-state index contributed by atoms with van der Waals surface area (Å²) in [5.41, 5.74) is 0. The number of ether oxygens (including phenoxy) is 1. The quantitative estimate of drug-likeness (QED) is 0.622. The highest BCUT2D eigenvalue weighted by atomic mass is 127. The van der Waals surface area contributed by atoms with Crippen molar-refractivity contribution in [2.24, 2.45) is 0 Å². The van der Waals surface area contributed by atoms with Crippen molar-refractivity contribution >= 4 is 28.5 Å². The molecule has 1 atom stereocenters. The van der Waals surface area contributed by atoms with E-state index in [-0.39, 0.29) is 12.0 Å². The SMILES string of the molecule is O=C(NCCI)C1CCCCO1. The van der Waals surface area contributed by atoms with Crippen LogP contribution in [0.4, 0.5) is 0 Å². The Labute approximate surface area is 86.4 Å². The summed E-state index contributed by atoms with van der Waals surface area (Å²) >= 11 is 2.24. The number of nitrogens with one attached hydrogen (secondary N) is 1. The van der Waals surface area contributed by atoms with E-state index >= 15 is 0 Å². The Kier molecular flexibility index (Phi) is 4.90. The molecule has 1 saturated heterocycles. The molecule has 1 rings (SSSR count). The molecule has 0 aromatic heterocycles. The molecule has 0 bridgehead atoms. The van der Waals surface area contributed by atoms with Crippen LogP contribution in [-0.4, -0.2) is 29.6 Å². The van der Waals surface area contributed by atoms with Crippen LogP contribution in [0.25, 0.3) is 0 Å². The van der Waals surface area contributed by atoms with E-state index in [9.17, 15) is 4.79 Å². The largest absolute Gasteiger partial charge is 0.368 e. The first-order valence-electron chi connectivity index (χ1n) is 4.30. The van der Waals surface area contributed by atoms with E-state index in [0.29, 0.717) is 0 Å². The number of rotatable bonds is 3. The van der Waals surface area contributed by atoms with Gasteiger partial charge in [-0.25, -0.2) is 0 Å². The number of hydrogen-bond donors (Lipinski definition) is 1. The summed E-state index contributed by atoms with van der Waals surface area (Å²) in [7, 11) is 0. The lowest BCUT2D eigenvalue weighted by Gasteiger charge is -2.21. The second-order valence-electron chi connectivity index (χ2n) is 2.84. The first-order chi connectivity index (χ1) is 5.84. The van der Waals surface area contributed by atoms with Crippen LogP contribution in [0.3, 0.4) is 0 Å². The second kappa shape index (κ2) is 5.75. The van der Waals surface area contributed by atoms with Gasteiger partial charge in [0.2, 0.25) is 5.91 Å². The number of carbonyl (C=O) groups excluding carboxylic acids is 1. The van der Waals surface area contributed by atoms with Crippen LogP contribution >= 0.6 is 22.6 Å². The summed E-state index contributed by atoms with van der Waals surface area (Å²) in [6.45, 7) is 1.49. The van der Waals surface area contributed by atoms with E-state index < -0.39 is 0 Å². The average Bonchev–Trinajstić information content (AvgIpc) is 2.15. The summed E-state index contributed by atoms with van der Waals surface area (Å²) in [4.78, 5) is 11.3. The van der Waals surface area contributed by atoms with Gasteiger partial charge in [0.05, 0.1) is 0 Å². The van der Waals surface area contributed by atoms with E-state index in [0.717, 1.165) is 36.8 Å². The molecule has 3 nitrogen and oxygen atoms in total. The predicted octanol–water partition coefficient (Wildman–Crippen LogP) is 1.11. The van der Waals surface area contributed by atoms with Crippen LogP contribution in [0.5, 0.6) is 0 Å². The Morgan fingerprint density at radius 3 is 3.00 bits per heavy atom. The zero-order chi connectivity index (χ0) is 8.81. The summed E-state index contributed by atoms with van der Waals surface area (Å²) < 4.78 is 6.28. The van der Waals surface area contributed by atoms with Crippen LogP contribution in [0.1, 0.15) is 19.3 Å². The van der Waals surface area contributed by atoms with Gasteiger partial charge in [-0.1, -0.05) is 22.6 Å². The van der Waals surface area contributed by atoms with Gasteiger partial charge in [-0.3, -0.25) is 4.79 Å². The molecular formula is C8H14INO2. The van der Waals surface area contributed by atoms with Gasteiger partial charge in [0.25, 0.3) is 0 Å². The van der Waals surface area contributed by atoms with Crippen molar-refractivity contribution in [1.82, 2.24) is 5.32 Å². The molecule has 4 heteroatoms. The van der Waals surface area contributed by atoms with E-state index in [1.54, 1.807) is 0 Å². The van der Waals surface area contributed by atoms with Crippen LogP contribution < -0.4 is 5.32 Å². The molecule has 1 amide bonds. The summed E-state index contributed by atoms with van der Waals surface area (Å²) in [6.07, 6.45) is 2.91. The third kappa shape index (κ3) is 3.26. The van der Waals surface area contributed by atoms with Gasteiger partial charge in [-0.2, -0.15) is 0 Å². The smallest absolute Gasteiger partial charge is 0.249 e. The zero-order valence-corrected chi connectivity index (χ0v) is 9.17. The fourth-order valence-electron chi connectivity index (χ4n) is 1.23. The Morgan fingerprint density at radius 1 is 1.58 bits per heavy atom. The number of hydrogen-bond acceptors (Lipinski definition) is 2. The molecule has 1 heterocycles. The van der Waals surface area contributed by atoms with Gasteiger partial charge in [0.1, 0.15) is 6.10 Å². The molecule has 0 radical (unpaired) electrons. The first-order valence-corrected chi connectivity index (χ1v) is 5.82. The molecule has 1 fully saturated rings.